The highest BCUT2D eigenvalue weighted by Crippen LogP contribution is 2.25. The summed E-state index contributed by atoms with van der Waals surface area (Å²) in [6.45, 7) is 0.240. The predicted octanol–water partition coefficient (Wildman–Crippen LogP) is 2.88. The first kappa shape index (κ1) is 15.8. The van der Waals surface area contributed by atoms with Crippen molar-refractivity contribution in [3.05, 3.63) is 48.5 Å². The Labute approximate surface area is 144 Å². The number of nitrogens with one attached hydrogen (secondary N) is 2. The first-order valence-electron chi connectivity index (χ1n) is 8.32. The average Bonchev–Trinajstić information content (AvgIpc) is 3.20. The van der Waals surface area contributed by atoms with E-state index in [0.29, 0.717) is 5.69 Å². The van der Waals surface area contributed by atoms with E-state index in [9.17, 15) is 9.18 Å². The van der Waals surface area contributed by atoms with Crippen molar-refractivity contribution in [2.24, 2.45) is 7.05 Å². The van der Waals surface area contributed by atoms with Gasteiger partial charge in [-0.3, -0.25) is 4.79 Å². The number of hydrogen-bond donors (Lipinski definition) is 2. The minimum absolute atomic E-state index is 0.198. The zero-order valence-corrected chi connectivity index (χ0v) is 13.9. The SMILES string of the molecule is Cn1c(-c2ccc(NC(=O)[C@H]3C[C@H](F)CN3)cc2)nc2ccccc21. The van der Waals surface area contributed by atoms with Crippen LogP contribution in [0.1, 0.15) is 6.42 Å². The van der Waals surface area contributed by atoms with Gasteiger partial charge in [0.2, 0.25) is 5.91 Å². The van der Waals surface area contributed by atoms with Crippen molar-refractivity contribution in [3.8, 4) is 11.4 Å². The average molecular weight is 338 g/mol. The normalized spacial score (nSPS) is 20.1. The molecule has 1 saturated heterocycles. The third kappa shape index (κ3) is 3.00. The van der Waals surface area contributed by atoms with Crippen LogP contribution in [0.15, 0.2) is 48.5 Å². The molecule has 25 heavy (non-hydrogen) atoms. The maximum atomic E-state index is 13.2. The van der Waals surface area contributed by atoms with Crippen LogP contribution in [0.25, 0.3) is 22.4 Å². The summed E-state index contributed by atoms with van der Waals surface area (Å²) in [4.78, 5) is 16.8. The standard InChI is InChI=1S/C19H19FN4O/c1-24-17-5-3-2-4-15(17)23-18(24)12-6-8-14(9-7-12)22-19(25)16-10-13(20)11-21-16/h2-9,13,16,21H,10-11H2,1H3,(H,22,25)/t13-,16+/m0/s1. The maximum absolute atomic E-state index is 13.2. The summed E-state index contributed by atoms with van der Waals surface area (Å²) in [6.07, 6.45) is -0.722. The molecule has 3 aromatic rings. The van der Waals surface area contributed by atoms with E-state index in [4.69, 9.17) is 0 Å². The minimum atomic E-state index is -0.948. The minimum Gasteiger partial charge on any atom is -0.327 e. The van der Waals surface area contributed by atoms with Crippen molar-refractivity contribution in [1.29, 1.82) is 0 Å². The molecular weight excluding hydrogens is 319 g/mol. The van der Waals surface area contributed by atoms with Crippen LogP contribution in [-0.2, 0) is 11.8 Å². The van der Waals surface area contributed by atoms with Gasteiger partial charge in [0.05, 0.1) is 17.1 Å². The van der Waals surface area contributed by atoms with E-state index in [1.165, 1.54) is 0 Å². The molecule has 2 aromatic carbocycles. The van der Waals surface area contributed by atoms with Gasteiger partial charge in [-0.15, -0.1) is 0 Å². The molecule has 0 saturated carbocycles. The Balaban J connectivity index is 1.53. The molecule has 0 aliphatic carbocycles. The predicted molar refractivity (Wildman–Crippen MR) is 96.1 cm³/mol. The lowest BCUT2D eigenvalue weighted by atomic mass is 10.1. The Morgan fingerprint density at radius 1 is 1.24 bits per heavy atom. The van der Waals surface area contributed by atoms with Crippen LogP contribution in [0.3, 0.4) is 0 Å². The van der Waals surface area contributed by atoms with Crippen LogP contribution < -0.4 is 10.6 Å². The van der Waals surface area contributed by atoms with Crippen molar-refractivity contribution in [2.75, 3.05) is 11.9 Å². The Kier molecular flexibility index (Phi) is 3.97. The molecule has 1 aromatic heterocycles. The largest absolute Gasteiger partial charge is 0.327 e. The number of carbonyl (C=O) groups is 1. The molecule has 2 heterocycles. The van der Waals surface area contributed by atoms with Gasteiger partial charge in [0.1, 0.15) is 12.0 Å². The lowest BCUT2D eigenvalue weighted by Gasteiger charge is -2.11. The molecule has 1 amide bonds. The number of anilines is 1. The summed E-state index contributed by atoms with van der Waals surface area (Å²) < 4.78 is 15.2. The topological polar surface area (TPSA) is 59.0 Å². The zero-order valence-electron chi connectivity index (χ0n) is 13.9. The molecule has 0 radical (unpaired) electrons. The Hall–Kier alpha value is -2.73. The van der Waals surface area contributed by atoms with Crippen molar-refractivity contribution < 1.29 is 9.18 Å². The lowest BCUT2D eigenvalue weighted by Crippen LogP contribution is -2.35. The molecule has 6 heteroatoms. The fraction of sp³-hybridized carbons (Fsp3) is 0.263. The number of alkyl halides is 1. The van der Waals surface area contributed by atoms with E-state index in [-0.39, 0.29) is 18.9 Å². The van der Waals surface area contributed by atoms with Crippen molar-refractivity contribution >= 4 is 22.6 Å². The number of halogens is 1. The molecular formula is C19H19FN4O. The first-order valence-corrected chi connectivity index (χ1v) is 8.32. The molecule has 1 fully saturated rings. The molecule has 0 bridgehead atoms. The molecule has 0 spiro atoms. The van der Waals surface area contributed by atoms with E-state index in [2.05, 4.69) is 15.6 Å². The molecule has 4 rings (SSSR count). The van der Waals surface area contributed by atoms with E-state index in [1.807, 2.05) is 60.1 Å². The second kappa shape index (κ2) is 6.29. The zero-order chi connectivity index (χ0) is 17.4. The highest BCUT2D eigenvalue weighted by Gasteiger charge is 2.29. The number of para-hydroxylation sites is 2. The van der Waals surface area contributed by atoms with E-state index in [0.717, 1.165) is 22.4 Å². The number of rotatable bonds is 3. The van der Waals surface area contributed by atoms with Gasteiger partial charge >= 0.3 is 0 Å². The lowest BCUT2D eigenvalue weighted by molar-refractivity contribution is -0.117. The molecule has 1 aliphatic heterocycles. The van der Waals surface area contributed by atoms with Gasteiger partial charge in [-0.05, 0) is 36.4 Å². The van der Waals surface area contributed by atoms with Crippen LogP contribution in [0, 0.1) is 0 Å². The summed E-state index contributed by atoms with van der Waals surface area (Å²) in [7, 11) is 1.99. The number of benzene rings is 2. The summed E-state index contributed by atoms with van der Waals surface area (Å²) in [5.41, 5.74) is 3.68. The number of fused-ring (bicyclic) bond motifs is 1. The summed E-state index contributed by atoms with van der Waals surface area (Å²) in [5, 5.41) is 5.71. The van der Waals surface area contributed by atoms with Gasteiger partial charge in [-0.25, -0.2) is 9.37 Å². The number of amides is 1. The molecule has 5 nitrogen and oxygen atoms in total. The van der Waals surface area contributed by atoms with Gasteiger partial charge in [-0.2, -0.15) is 0 Å². The van der Waals surface area contributed by atoms with Crippen LogP contribution in [0.5, 0.6) is 0 Å². The van der Waals surface area contributed by atoms with E-state index < -0.39 is 12.2 Å². The van der Waals surface area contributed by atoms with Gasteiger partial charge in [0, 0.05) is 31.3 Å². The maximum Gasteiger partial charge on any atom is 0.241 e. The highest BCUT2D eigenvalue weighted by atomic mass is 19.1. The van der Waals surface area contributed by atoms with Crippen LogP contribution >= 0.6 is 0 Å². The smallest absolute Gasteiger partial charge is 0.241 e. The van der Waals surface area contributed by atoms with Gasteiger partial charge < -0.3 is 15.2 Å². The third-order valence-corrected chi connectivity index (χ3v) is 4.59. The Bertz CT molecular complexity index is 919. The fourth-order valence-electron chi connectivity index (χ4n) is 3.23. The number of imidazole rings is 1. The van der Waals surface area contributed by atoms with Crippen molar-refractivity contribution in [1.82, 2.24) is 14.9 Å². The third-order valence-electron chi connectivity index (χ3n) is 4.59. The number of carbonyl (C=O) groups excluding carboxylic acids is 1. The van der Waals surface area contributed by atoms with Crippen molar-refractivity contribution in [2.45, 2.75) is 18.6 Å². The molecule has 1 aliphatic rings. The van der Waals surface area contributed by atoms with Gasteiger partial charge in [-0.1, -0.05) is 12.1 Å². The Morgan fingerprint density at radius 3 is 2.68 bits per heavy atom. The summed E-state index contributed by atoms with van der Waals surface area (Å²) >= 11 is 0. The van der Waals surface area contributed by atoms with Crippen molar-refractivity contribution in [3.63, 3.8) is 0 Å². The quantitative estimate of drug-likeness (QED) is 0.772. The second-order valence-corrected chi connectivity index (χ2v) is 6.34. The molecule has 2 N–H and O–H groups in total. The summed E-state index contributed by atoms with van der Waals surface area (Å²) in [5.74, 6) is 0.674. The number of aromatic nitrogens is 2. The molecule has 128 valence electrons. The fourth-order valence-corrected chi connectivity index (χ4v) is 3.23. The highest BCUT2D eigenvalue weighted by molar-refractivity contribution is 5.95. The number of aryl methyl sites for hydroxylation is 1. The van der Waals surface area contributed by atoms with Gasteiger partial charge in [0.15, 0.2) is 0 Å². The number of hydrogen-bond acceptors (Lipinski definition) is 3. The van der Waals surface area contributed by atoms with Gasteiger partial charge in [0.25, 0.3) is 0 Å². The van der Waals surface area contributed by atoms with Crippen LogP contribution in [0.4, 0.5) is 10.1 Å². The summed E-state index contributed by atoms with van der Waals surface area (Å²) in [6, 6.07) is 15.1. The molecule has 0 unspecified atom stereocenters. The second-order valence-electron chi connectivity index (χ2n) is 6.34. The Morgan fingerprint density at radius 2 is 2.00 bits per heavy atom. The molecule has 2 atom stereocenters. The van der Waals surface area contributed by atoms with E-state index >= 15 is 0 Å². The monoisotopic (exact) mass is 338 g/mol. The number of nitrogens with zero attached hydrogens (tertiary/aromatic N) is 2. The van der Waals surface area contributed by atoms with Crippen LogP contribution in [0.2, 0.25) is 0 Å². The van der Waals surface area contributed by atoms with Crippen LogP contribution in [-0.4, -0.2) is 34.2 Å². The first-order chi connectivity index (χ1) is 12.1. The van der Waals surface area contributed by atoms with E-state index in [1.54, 1.807) is 0 Å².